The first-order chi connectivity index (χ1) is 14.3. The molecule has 3 aromatic rings. The summed E-state index contributed by atoms with van der Waals surface area (Å²) in [5.41, 5.74) is 2.69. The molecule has 0 radical (unpaired) electrons. The summed E-state index contributed by atoms with van der Waals surface area (Å²) < 4.78 is 13.5. The normalized spacial score (nSPS) is 10.5. The molecular formula is C23H22FN3O3. The van der Waals surface area contributed by atoms with Crippen molar-refractivity contribution in [1.82, 2.24) is 15.6 Å². The molecule has 2 amide bonds. The zero-order valence-corrected chi connectivity index (χ0v) is 16.7. The molecule has 1 aromatic heterocycles. The van der Waals surface area contributed by atoms with Gasteiger partial charge in [0.2, 0.25) is 0 Å². The first-order valence-electron chi connectivity index (χ1n) is 9.48. The number of aromatic amines is 1. The van der Waals surface area contributed by atoms with Gasteiger partial charge < -0.3 is 15.6 Å². The van der Waals surface area contributed by atoms with Gasteiger partial charge in [0.15, 0.2) is 0 Å². The highest BCUT2D eigenvalue weighted by Gasteiger charge is 2.12. The first-order valence-corrected chi connectivity index (χ1v) is 9.48. The third-order valence-electron chi connectivity index (χ3n) is 4.61. The number of nitrogens with one attached hydrogen (secondary N) is 3. The van der Waals surface area contributed by atoms with E-state index in [0.717, 1.165) is 11.1 Å². The summed E-state index contributed by atoms with van der Waals surface area (Å²) in [5, 5.41) is 5.18. The summed E-state index contributed by atoms with van der Waals surface area (Å²) in [5.74, 6) is -1.43. The fraction of sp³-hybridized carbons (Fsp3) is 0.174. The fourth-order valence-corrected chi connectivity index (χ4v) is 2.92. The molecule has 0 atom stereocenters. The van der Waals surface area contributed by atoms with Gasteiger partial charge in [0, 0.05) is 24.3 Å². The molecule has 154 valence electrons. The number of amides is 2. The Bertz CT molecular complexity index is 1150. The number of H-pyrrole nitrogens is 1. The number of aromatic nitrogens is 1. The van der Waals surface area contributed by atoms with Crippen LogP contribution >= 0.6 is 0 Å². The second kappa shape index (κ2) is 9.17. The van der Waals surface area contributed by atoms with Crippen molar-refractivity contribution in [2.24, 2.45) is 0 Å². The van der Waals surface area contributed by atoms with Crippen molar-refractivity contribution >= 4 is 11.8 Å². The molecule has 0 aliphatic carbocycles. The van der Waals surface area contributed by atoms with Crippen molar-refractivity contribution in [3.63, 3.8) is 0 Å². The molecule has 0 fully saturated rings. The molecule has 1 heterocycles. The van der Waals surface area contributed by atoms with E-state index in [-0.39, 0.29) is 24.2 Å². The van der Waals surface area contributed by atoms with Gasteiger partial charge in [-0.05, 0) is 55.3 Å². The van der Waals surface area contributed by atoms with Crippen LogP contribution in [0.2, 0.25) is 0 Å². The van der Waals surface area contributed by atoms with Gasteiger partial charge in [0.1, 0.15) is 11.4 Å². The monoisotopic (exact) mass is 407 g/mol. The Morgan fingerprint density at radius 1 is 0.933 bits per heavy atom. The minimum Gasteiger partial charge on any atom is -0.350 e. The van der Waals surface area contributed by atoms with E-state index in [0.29, 0.717) is 11.3 Å². The molecule has 7 heteroatoms. The SMILES string of the molecule is Cc1cccc(-c2ccc(C(=O)NCCNC(=O)c3ccc(C)c(F)c3)c(=O)[nH]2)c1. The maximum Gasteiger partial charge on any atom is 0.261 e. The summed E-state index contributed by atoms with van der Waals surface area (Å²) >= 11 is 0. The standard InChI is InChI=1S/C23H22FN3O3/c1-14-4-3-5-16(12-14)20-9-8-18(23(30)27-20)22(29)26-11-10-25-21(28)17-7-6-15(2)19(24)13-17/h3-9,12-13H,10-11H2,1-2H3,(H,25,28)(H,26,29)(H,27,30). The van der Waals surface area contributed by atoms with Crippen molar-refractivity contribution in [2.45, 2.75) is 13.8 Å². The topological polar surface area (TPSA) is 91.1 Å². The molecule has 0 saturated carbocycles. The maximum absolute atomic E-state index is 13.5. The molecule has 2 aromatic carbocycles. The average molecular weight is 407 g/mol. The van der Waals surface area contributed by atoms with E-state index >= 15 is 0 Å². The lowest BCUT2D eigenvalue weighted by Crippen LogP contribution is -2.36. The van der Waals surface area contributed by atoms with E-state index in [2.05, 4.69) is 15.6 Å². The van der Waals surface area contributed by atoms with Crippen molar-refractivity contribution < 1.29 is 14.0 Å². The van der Waals surface area contributed by atoms with Crippen molar-refractivity contribution in [1.29, 1.82) is 0 Å². The lowest BCUT2D eigenvalue weighted by atomic mass is 10.1. The van der Waals surface area contributed by atoms with E-state index in [1.165, 1.54) is 24.3 Å². The van der Waals surface area contributed by atoms with Crippen LogP contribution in [0.5, 0.6) is 0 Å². The number of benzene rings is 2. The Labute approximate surface area is 173 Å². The molecule has 0 aliphatic heterocycles. The zero-order chi connectivity index (χ0) is 21.7. The van der Waals surface area contributed by atoms with Gasteiger partial charge in [-0.3, -0.25) is 14.4 Å². The number of pyridine rings is 1. The number of hydrogen-bond donors (Lipinski definition) is 3. The van der Waals surface area contributed by atoms with Gasteiger partial charge in [-0.15, -0.1) is 0 Å². The van der Waals surface area contributed by atoms with Crippen LogP contribution in [0.25, 0.3) is 11.3 Å². The second-order valence-electron chi connectivity index (χ2n) is 6.96. The Morgan fingerprint density at radius 2 is 1.67 bits per heavy atom. The minimum absolute atomic E-state index is 0.0154. The summed E-state index contributed by atoms with van der Waals surface area (Å²) in [7, 11) is 0. The minimum atomic E-state index is -0.539. The van der Waals surface area contributed by atoms with Crippen molar-refractivity contribution in [3.8, 4) is 11.3 Å². The Balaban J connectivity index is 1.55. The molecule has 3 rings (SSSR count). The molecule has 0 unspecified atom stereocenters. The highest BCUT2D eigenvalue weighted by atomic mass is 19.1. The lowest BCUT2D eigenvalue weighted by Gasteiger charge is -2.08. The zero-order valence-electron chi connectivity index (χ0n) is 16.7. The lowest BCUT2D eigenvalue weighted by molar-refractivity contribution is 0.0926. The molecule has 0 bridgehead atoms. The molecule has 3 N–H and O–H groups in total. The Kier molecular flexibility index (Phi) is 6.41. The van der Waals surface area contributed by atoms with E-state index < -0.39 is 23.2 Å². The second-order valence-corrected chi connectivity index (χ2v) is 6.96. The number of aryl methyl sites for hydroxylation is 2. The molecular weight excluding hydrogens is 385 g/mol. The summed E-state index contributed by atoms with van der Waals surface area (Å²) in [6, 6.07) is 15.0. The number of carbonyl (C=O) groups is 2. The van der Waals surface area contributed by atoms with Gasteiger partial charge in [0.25, 0.3) is 17.4 Å². The van der Waals surface area contributed by atoms with Crippen LogP contribution in [0.4, 0.5) is 4.39 Å². The summed E-state index contributed by atoms with van der Waals surface area (Å²) in [6.45, 7) is 3.83. The third kappa shape index (κ3) is 5.00. The van der Waals surface area contributed by atoms with Gasteiger partial charge in [-0.1, -0.05) is 29.8 Å². The molecule has 6 nitrogen and oxygen atoms in total. The van der Waals surface area contributed by atoms with E-state index in [4.69, 9.17) is 0 Å². The molecule has 0 spiro atoms. The van der Waals surface area contributed by atoms with Crippen LogP contribution in [0, 0.1) is 19.7 Å². The summed E-state index contributed by atoms with van der Waals surface area (Å²) in [4.78, 5) is 39.3. The van der Waals surface area contributed by atoms with Crippen molar-refractivity contribution in [3.05, 3.63) is 93.0 Å². The number of carbonyl (C=O) groups excluding carboxylic acids is 2. The molecule has 0 aliphatic rings. The van der Waals surface area contributed by atoms with Gasteiger partial charge in [0.05, 0.1) is 0 Å². The van der Waals surface area contributed by atoms with Gasteiger partial charge >= 0.3 is 0 Å². The third-order valence-corrected chi connectivity index (χ3v) is 4.61. The van der Waals surface area contributed by atoms with Crippen LogP contribution in [0.1, 0.15) is 31.8 Å². The van der Waals surface area contributed by atoms with Crippen LogP contribution in [0.3, 0.4) is 0 Å². The highest BCUT2D eigenvalue weighted by Crippen LogP contribution is 2.17. The van der Waals surface area contributed by atoms with Crippen molar-refractivity contribution in [2.75, 3.05) is 13.1 Å². The predicted molar refractivity (Wildman–Crippen MR) is 113 cm³/mol. The van der Waals surface area contributed by atoms with Crippen LogP contribution in [-0.2, 0) is 0 Å². The van der Waals surface area contributed by atoms with Crippen LogP contribution < -0.4 is 16.2 Å². The van der Waals surface area contributed by atoms with Gasteiger partial charge in [-0.2, -0.15) is 0 Å². The fourth-order valence-electron chi connectivity index (χ4n) is 2.92. The average Bonchev–Trinajstić information content (AvgIpc) is 2.72. The Morgan fingerprint density at radius 3 is 2.33 bits per heavy atom. The Hall–Kier alpha value is -3.74. The smallest absolute Gasteiger partial charge is 0.261 e. The number of halogens is 1. The van der Waals surface area contributed by atoms with E-state index in [9.17, 15) is 18.8 Å². The largest absolute Gasteiger partial charge is 0.350 e. The number of rotatable bonds is 6. The van der Waals surface area contributed by atoms with Crippen LogP contribution in [-0.4, -0.2) is 29.9 Å². The van der Waals surface area contributed by atoms with Crippen LogP contribution in [0.15, 0.2) is 59.4 Å². The van der Waals surface area contributed by atoms with Gasteiger partial charge in [-0.25, -0.2) is 4.39 Å². The maximum atomic E-state index is 13.5. The first kappa shape index (κ1) is 21.0. The predicted octanol–water partition coefficient (Wildman–Crippen LogP) is 2.96. The van der Waals surface area contributed by atoms with E-state index in [1.807, 2.05) is 31.2 Å². The quantitative estimate of drug-likeness (QED) is 0.549. The van der Waals surface area contributed by atoms with E-state index in [1.54, 1.807) is 13.0 Å². The molecule has 30 heavy (non-hydrogen) atoms. The highest BCUT2D eigenvalue weighted by molar-refractivity contribution is 5.95. The number of hydrogen-bond acceptors (Lipinski definition) is 3. The molecule has 0 saturated heterocycles. The summed E-state index contributed by atoms with van der Waals surface area (Å²) in [6.07, 6.45) is 0.